The number of anilines is 1. The van der Waals surface area contributed by atoms with Gasteiger partial charge in [0.2, 0.25) is 5.88 Å². The van der Waals surface area contributed by atoms with Crippen molar-refractivity contribution in [1.82, 2.24) is 9.97 Å². The van der Waals surface area contributed by atoms with Crippen LogP contribution in [0.25, 0.3) is 0 Å². The highest BCUT2D eigenvalue weighted by Crippen LogP contribution is 2.10. The number of ether oxygens (including phenoxy) is 2. The zero-order chi connectivity index (χ0) is 13.1. The van der Waals surface area contributed by atoms with Gasteiger partial charge in [-0.15, -0.1) is 6.58 Å². The molecule has 0 amide bonds. The number of nitrogens with one attached hydrogen (secondary N) is 1. The molecule has 0 aliphatic heterocycles. The fourth-order valence-corrected chi connectivity index (χ4v) is 1.24. The van der Waals surface area contributed by atoms with E-state index in [9.17, 15) is 0 Å². The van der Waals surface area contributed by atoms with Gasteiger partial charge in [-0.25, -0.2) is 9.97 Å². The average Bonchev–Trinajstić information content (AvgIpc) is 2.41. The van der Waals surface area contributed by atoms with E-state index in [2.05, 4.69) is 28.8 Å². The molecule has 0 aromatic carbocycles. The lowest BCUT2D eigenvalue weighted by molar-refractivity contribution is 0.149. The Morgan fingerprint density at radius 3 is 3.00 bits per heavy atom. The van der Waals surface area contributed by atoms with Crippen LogP contribution in [-0.2, 0) is 4.74 Å². The summed E-state index contributed by atoms with van der Waals surface area (Å²) in [7, 11) is 0. The fourth-order valence-electron chi connectivity index (χ4n) is 1.24. The summed E-state index contributed by atoms with van der Waals surface area (Å²) in [6.07, 6.45) is 5.17. The summed E-state index contributed by atoms with van der Waals surface area (Å²) in [6, 6.07) is 1.79. The molecule has 1 heterocycles. The van der Waals surface area contributed by atoms with Crippen LogP contribution < -0.4 is 10.1 Å². The summed E-state index contributed by atoms with van der Waals surface area (Å²) in [5.74, 6) is 1.35. The maximum absolute atomic E-state index is 5.42. The standard InChI is InChI=1S/C13H21N3O2/c1-3-5-8-17-9-6-14-12-10-13(16-11-15-12)18-7-4-2/h3,10-11H,1,4-9H2,2H3,(H,14,15,16). The molecule has 18 heavy (non-hydrogen) atoms. The van der Waals surface area contributed by atoms with E-state index in [1.54, 1.807) is 6.07 Å². The van der Waals surface area contributed by atoms with Gasteiger partial charge in [0, 0.05) is 12.6 Å². The monoisotopic (exact) mass is 251 g/mol. The molecule has 1 rings (SSSR count). The summed E-state index contributed by atoms with van der Waals surface area (Å²) < 4.78 is 10.8. The van der Waals surface area contributed by atoms with Gasteiger partial charge in [0.05, 0.1) is 19.8 Å². The zero-order valence-electron chi connectivity index (χ0n) is 10.9. The maximum Gasteiger partial charge on any atom is 0.218 e. The van der Waals surface area contributed by atoms with Crippen molar-refractivity contribution in [3.8, 4) is 5.88 Å². The van der Waals surface area contributed by atoms with Gasteiger partial charge in [0.25, 0.3) is 0 Å². The molecular formula is C13H21N3O2. The molecule has 100 valence electrons. The maximum atomic E-state index is 5.42. The predicted octanol–water partition coefficient (Wildman–Crippen LogP) is 2.27. The van der Waals surface area contributed by atoms with Gasteiger partial charge in [0.15, 0.2) is 0 Å². The largest absolute Gasteiger partial charge is 0.478 e. The lowest BCUT2D eigenvalue weighted by Crippen LogP contribution is -2.11. The molecule has 0 spiro atoms. The molecule has 5 nitrogen and oxygen atoms in total. The molecule has 1 aromatic rings. The summed E-state index contributed by atoms with van der Waals surface area (Å²) in [5, 5.41) is 3.16. The van der Waals surface area contributed by atoms with Crippen molar-refractivity contribution in [2.45, 2.75) is 19.8 Å². The van der Waals surface area contributed by atoms with Gasteiger partial charge in [-0.3, -0.25) is 0 Å². The predicted molar refractivity (Wildman–Crippen MR) is 71.9 cm³/mol. The van der Waals surface area contributed by atoms with Gasteiger partial charge >= 0.3 is 0 Å². The molecule has 0 aliphatic carbocycles. The van der Waals surface area contributed by atoms with Gasteiger partial charge in [0.1, 0.15) is 12.1 Å². The molecule has 0 bridgehead atoms. The fraction of sp³-hybridized carbons (Fsp3) is 0.538. The Bertz CT molecular complexity index is 345. The Kier molecular flexibility index (Phi) is 7.55. The molecule has 0 unspecified atom stereocenters. The highest BCUT2D eigenvalue weighted by Gasteiger charge is 1.98. The van der Waals surface area contributed by atoms with E-state index in [1.807, 2.05) is 6.08 Å². The van der Waals surface area contributed by atoms with E-state index in [-0.39, 0.29) is 0 Å². The Hall–Kier alpha value is -1.62. The number of rotatable bonds is 10. The van der Waals surface area contributed by atoms with Crippen LogP contribution in [0, 0.1) is 0 Å². The minimum Gasteiger partial charge on any atom is -0.478 e. The average molecular weight is 251 g/mol. The van der Waals surface area contributed by atoms with E-state index in [0.29, 0.717) is 32.2 Å². The molecule has 0 fully saturated rings. The van der Waals surface area contributed by atoms with Crippen LogP contribution in [0.1, 0.15) is 19.8 Å². The second kappa shape index (κ2) is 9.41. The molecule has 5 heteroatoms. The van der Waals surface area contributed by atoms with Gasteiger partial charge in [-0.1, -0.05) is 13.0 Å². The highest BCUT2D eigenvalue weighted by atomic mass is 16.5. The third kappa shape index (κ3) is 6.20. The molecule has 1 N–H and O–H groups in total. The SMILES string of the molecule is C=CCCOCCNc1cc(OCCC)ncn1. The highest BCUT2D eigenvalue weighted by molar-refractivity contribution is 5.36. The smallest absolute Gasteiger partial charge is 0.218 e. The first-order valence-electron chi connectivity index (χ1n) is 6.24. The Morgan fingerprint density at radius 1 is 1.33 bits per heavy atom. The van der Waals surface area contributed by atoms with Crippen molar-refractivity contribution in [2.24, 2.45) is 0 Å². The third-order valence-corrected chi connectivity index (χ3v) is 2.11. The first-order valence-corrected chi connectivity index (χ1v) is 6.24. The molecular weight excluding hydrogens is 230 g/mol. The van der Waals surface area contributed by atoms with Crippen molar-refractivity contribution in [2.75, 3.05) is 31.7 Å². The summed E-state index contributed by atoms with van der Waals surface area (Å²) >= 11 is 0. The van der Waals surface area contributed by atoms with Gasteiger partial charge in [-0.2, -0.15) is 0 Å². The molecule has 1 aromatic heterocycles. The van der Waals surface area contributed by atoms with E-state index >= 15 is 0 Å². The van der Waals surface area contributed by atoms with Crippen LogP contribution in [0.15, 0.2) is 25.0 Å². The van der Waals surface area contributed by atoms with Crippen molar-refractivity contribution in [3.05, 3.63) is 25.0 Å². The number of aromatic nitrogens is 2. The van der Waals surface area contributed by atoms with Crippen LogP contribution in [0.5, 0.6) is 5.88 Å². The minimum atomic E-state index is 0.599. The van der Waals surface area contributed by atoms with Crippen molar-refractivity contribution >= 4 is 5.82 Å². The molecule has 0 radical (unpaired) electrons. The lowest BCUT2D eigenvalue weighted by atomic mass is 10.4. The molecule has 0 aliphatic rings. The van der Waals surface area contributed by atoms with Crippen LogP contribution in [-0.4, -0.2) is 36.3 Å². The first kappa shape index (κ1) is 14.4. The lowest BCUT2D eigenvalue weighted by Gasteiger charge is -2.07. The minimum absolute atomic E-state index is 0.599. The summed E-state index contributed by atoms with van der Waals surface area (Å²) in [5.41, 5.74) is 0. The number of hydrogen-bond donors (Lipinski definition) is 1. The first-order chi connectivity index (χ1) is 8.86. The van der Waals surface area contributed by atoms with E-state index in [0.717, 1.165) is 18.7 Å². The number of hydrogen-bond acceptors (Lipinski definition) is 5. The Labute approximate surface area is 108 Å². The third-order valence-electron chi connectivity index (χ3n) is 2.11. The van der Waals surface area contributed by atoms with Crippen molar-refractivity contribution in [1.29, 1.82) is 0 Å². The van der Waals surface area contributed by atoms with Crippen molar-refractivity contribution in [3.63, 3.8) is 0 Å². The van der Waals surface area contributed by atoms with Crippen LogP contribution in [0.3, 0.4) is 0 Å². The van der Waals surface area contributed by atoms with Gasteiger partial charge in [-0.05, 0) is 12.8 Å². The topological polar surface area (TPSA) is 56.3 Å². The molecule has 0 atom stereocenters. The van der Waals surface area contributed by atoms with Crippen LogP contribution in [0.4, 0.5) is 5.82 Å². The van der Waals surface area contributed by atoms with Crippen LogP contribution in [0.2, 0.25) is 0 Å². The Balaban J connectivity index is 2.22. The molecule has 0 saturated heterocycles. The van der Waals surface area contributed by atoms with E-state index < -0.39 is 0 Å². The summed E-state index contributed by atoms with van der Waals surface area (Å²) in [6.45, 7) is 8.42. The zero-order valence-corrected chi connectivity index (χ0v) is 10.9. The quantitative estimate of drug-likeness (QED) is 0.510. The Morgan fingerprint density at radius 2 is 2.22 bits per heavy atom. The number of nitrogens with zero attached hydrogens (tertiary/aromatic N) is 2. The van der Waals surface area contributed by atoms with E-state index in [1.165, 1.54) is 6.33 Å². The normalized spacial score (nSPS) is 10.1. The van der Waals surface area contributed by atoms with Crippen molar-refractivity contribution < 1.29 is 9.47 Å². The van der Waals surface area contributed by atoms with E-state index in [4.69, 9.17) is 9.47 Å². The molecule has 0 saturated carbocycles. The van der Waals surface area contributed by atoms with Gasteiger partial charge < -0.3 is 14.8 Å². The second-order valence-corrected chi connectivity index (χ2v) is 3.71. The van der Waals surface area contributed by atoms with Crippen LogP contribution >= 0.6 is 0 Å². The second-order valence-electron chi connectivity index (χ2n) is 3.71. The summed E-state index contributed by atoms with van der Waals surface area (Å²) in [4.78, 5) is 8.14.